The first-order valence-electron chi connectivity index (χ1n) is 10.2. The van der Waals surface area contributed by atoms with E-state index in [0.29, 0.717) is 6.54 Å². The van der Waals surface area contributed by atoms with Crippen molar-refractivity contribution < 1.29 is 0 Å². The van der Waals surface area contributed by atoms with Gasteiger partial charge in [0.2, 0.25) is 0 Å². The summed E-state index contributed by atoms with van der Waals surface area (Å²) >= 11 is 0. The quantitative estimate of drug-likeness (QED) is 0.167. The summed E-state index contributed by atoms with van der Waals surface area (Å²) < 4.78 is 4.42. The fraction of sp³-hybridized carbons (Fsp3) is 0.304. The molecule has 0 atom stereocenters. The first-order valence-corrected chi connectivity index (χ1v) is 10.2. The lowest BCUT2D eigenvalue weighted by Crippen LogP contribution is -2.38. The topological polar surface area (TPSA) is 59.2 Å². The molecule has 2 aromatic heterocycles. The summed E-state index contributed by atoms with van der Waals surface area (Å²) in [5.41, 5.74) is 3.43. The molecule has 2 N–H and O–H groups in total. The molecular formula is C23H29IN6. The number of imidazole rings is 1. The fourth-order valence-corrected chi connectivity index (χ4v) is 3.62. The molecular weight excluding hydrogens is 487 g/mol. The summed E-state index contributed by atoms with van der Waals surface area (Å²) in [6.45, 7) is 5.29. The first-order chi connectivity index (χ1) is 14.3. The second kappa shape index (κ2) is 10.5. The summed E-state index contributed by atoms with van der Waals surface area (Å²) in [7, 11) is 2.04. The Labute approximate surface area is 194 Å². The van der Waals surface area contributed by atoms with Gasteiger partial charge in [0.25, 0.3) is 0 Å². The number of hydrogen-bond acceptors (Lipinski definition) is 2. The Morgan fingerprint density at radius 1 is 1.00 bits per heavy atom. The van der Waals surface area contributed by atoms with Gasteiger partial charge in [0, 0.05) is 38.4 Å². The third-order valence-electron chi connectivity index (χ3n) is 5.15. The predicted octanol–water partition coefficient (Wildman–Crippen LogP) is 4.29. The molecule has 0 saturated carbocycles. The summed E-state index contributed by atoms with van der Waals surface area (Å²) in [6.07, 6.45) is 3.19. The van der Waals surface area contributed by atoms with Crippen molar-refractivity contribution in [2.75, 3.05) is 13.1 Å². The van der Waals surface area contributed by atoms with E-state index in [1.165, 1.54) is 10.9 Å². The van der Waals surface area contributed by atoms with E-state index in [2.05, 4.69) is 69.3 Å². The zero-order chi connectivity index (χ0) is 20.1. The van der Waals surface area contributed by atoms with E-state index in [4.69, 9.17) is 9.98 Å². The first kappa shape index (κ1) is 22.1. The van der Waals surface area contributed by atoms with Crippen LogP contribution in [-0.4, -0.2) is 33.2 Å². The highest BCUT2D eigenvalue weighted by atomic mass is 127. The van der Waals surface area contributed by atoms with Crippen molar-refractivity contribution in [1.29, 1.82) is 0 Å². The highest BCUT2D eigenvalue weighted by Gasteiger charge is 2.07. The van der Waals surface area contributed by atoms with Crippen LogP contribution in [-0.2, 0) is 20.1 Å². The predicted molar refractivity (Wildman–Crippen MR) is 136 cm³/mol. The van der Waals surface area contributed by atoms with Gasteiger partial charge in [-0.05, 0) is 43.0 Å². The molecule has 0 aliphatic rings. The second-order valence-electron chi connectivity index (χ2n) is 7.12. The number of hydrogen-bond donors (Lipinski definition) is 2. The Kier molecular flexibility index (Phi) is 7.73. The third kappa shape index (κ3) is 4.95. The molecule has 0 aliphatic heterocycles. The number of nitrogens with one attached hydrogen (secondary N) is 2. The standard InChI is InChI=1S/C23H28N6.HI/c1-3-24-23(26-17-22-27-19-10-5-7-12-21(19)28(22)2)25-14-8-15-29-16-13-18-9-4-6-11-20(18)29;/h4-7,9-13,16H,3,8,14-15,17H2,1-2H3,(H2,24,25,26);1H. The highest BCUT2D eigenvalue weighted by molar-refractivity contribution is 14.0. The van der Waals surface area contributed by atoms with Crippen LogP contribution in [0.1, 0.15) is 19.2 Å². The van der Waals surface area contributed by atoms with Crippen LogP contribution in [0.4, 0.5) is 0 Å². The number of para-hydroxylation sites is 3. The van der Waals surface area contributed by atoms with Gasteiger partial charge in [-0.2, -0.15) is 0 Å². The van der Waals surface area contributed by atoms with Crippen LogP contribution in [0.15, 0.2) is 65.8 Å². The number of aryl methyl sites for hydroxylation is 2. The molecule has 0 fully saturated rings. The number of guanidine groups is 1. The summed E-state index contributed by atoms with van der Waals surface area (Å²) in [5, 5.41) is 8.06. The van der Waals surface area contributed by atoms with Crippen molar-refractivity contribution in [1.82, 2.24) is 24.8 Å². The lowest BCUT2D eigenvalue weighted by molar-refractivity contribution is 0.640. The summed E-state index contributed by atoms with van der Waals surface area (Å²) in [4.78, 5) is 9.43. The van der Waals surface area contributed by atoms with Gasteiger partial charge in [-0.1, -0.05) is 30.3 Å². The highest BCUT2D eigenvalue weighted by Crippen LogP contribution is 2.16. The van der Waals surface area contributed by atoms with E-state index in [0.717, 1.165) is 48.9 Å². The Morgan fingerprint density at radius 2 is 1.77 bits per heavy atom. The minimum atomic E-state index is 0. The summed E-state index contributed by atoms with van der Waals surface area (Å²) in [5.74, 6) is 1.79. The van der Waals surface area contributed by atoms with Crippen LogP contribution in [0.5, 0.6) is 0 Å². The van der Waals surface area contributed by atoms with Crippen LogP contribution in [0.25, 0.3) is 21.9 Å². The fourth-order valence-electron chi connectivity index (χ4n) is 3.62. The van der Waals surface area contributed by atoms with Gasteiger partial charge >= 0.3 is 0 Å². The molecule has 6 nitrogen and oxygen atoms in total. The van der Waals surface area contributed by atoms with Crippen molar-refractivity contribution >= 4 is 51.9 Å². The molecule has 0 spiro atoms. The normalized spacial score (nSPS) is 11.6. The molecule has 30 heavy (non-hydrogen) atoms. The monoisotopic (exact) mass is 516 g/mol. The number of rotatable bonds is 7. The zero-order valence-corrected chi connectivity index (χ0v) is 19.8. The van der Waals surface area contributed by atoms with Crippen LogP contribution >= 0.6 is 24.0 Å². The molecule has 0 amide bonds. The lowest BCUT2D eigenvalue weighted by atomic mass is 10.2. The van der Waals surface area contributed by atoms with Gasteiger partial charge in [0.1, 0.15) is 12.4 Å². The van der Waals surface area contributed by atoms with Crippen molar-refractivity contribution in [3.05, 3.63) is 66.6 Å². The minimum Gasteiger partial charge on any atom is -0.357 e. The Morgan fingerprint density at radius 3 is 2.57 bits per heavy atom. The zero-order valence-electron chi connectivity index (χ0n) is 17.5. The molecule has 2 aromatic carbocycles. The van der Waals surface area contributed by atoms with E-state index in [1.807, 2.05) is 25.2 Å². The molecule has 2 heterocycles. The van der Waals surface area contributed by atoms with E-state index < -0.39 is 0 Å². The van der Waals surface area contributed by atoms with Crippen LogP contribution in [0, 0.1) is 0 Å². The van der Waals surface area contributed by atoms with E-state index in [9.17, 15) is 0 Å². The maximum absolute atomic E-state index is 4.73. The molecule has 4 aromatic rings. The molecule has 7 heteroatoms. The van der Waals surface area contributed by atoms with Crippen molar-refractivity contribution in [2.24, 2.45) is 12.0 Å². The Hall–Kier alpha value is -2.55. The van der Waals surface area contributed by atoms with Crippen LogP contribution < -0.4 is 10.6 Å². The van der Waals surface area contributed by atoms with Gasteiger partial charge in [-0.25, -0.2) is 9.98 Å². The van der Waals surface area contributed by atoms with Gasteiger partial charge in [-0.3, -0.25) is 0 Å². The smallest absolute Gasteiger partial charge is 0.191 e. The average Bonchev–Trinajstić information content (AvgIpc) is 3.30. The largest absolute Gasteiger partial charge is 0.357 e. The molecule has 0 unspecified atom stereocenters. The second-order valence-corrected chi connectivity index (χ2v) is 7.12. The molecule has 4 rings (SSSR count). The van der Waals surface area contributed by atoms with Crippen molar-refractivity contribution in [3.63, 3.8) is 0 Å². The number of aliphatic imine (C=N–C) groups is 1. The number of halogens is 1. The van der Waals surface area contributed by atoms with Gasteiger partial charge in [-0.15, -0.1) is 24.0 Å². The SMILES string of the molecule is CCNC(=NCc1nc2ccccc2n1C)NCCCn1ccc2ccccc21.I. The molecule has 0 aliphatic carbocycles. The van der Waals surface area contributed by atoms with Gasteiger partial charge in [0.05, 0.1) is 11.0 Å². The molecule has 0 saturated heterocycles. The Balaban J connectivity index is 0.00000256. The summed E-state index contributed by atoms with van der Waals surface area (Å²) in [6, 6.07) is 18.9. The number of benzene rings is 2. The maximum Gasteiger partial charge on any atom is 0.191 e. The lowest BCUT2D eigenvalue weighted by Gasteiger charge is -2.12. The number of aromatic nitrogens is 3. The van der Waals surface area contributed by atoms with E-state index in [1.54, 1.807) is 0 Å². The third-order valence-corrected chi connectivity index (χ3v) is 5.15. The number of fused-ring (bicyclic) bond motifs is 2. The van der Waals surface area contributed by atoms with Gasteiger partial charge in [0.15, 0.2) is 5.96 Å². The van der Waals surface area contributed by atoms with Crippen molar-refractivity contribution in [2.45, 2.75) is 26.4 Å². The van der Waals surface area contributed by atoms with Crippen LogP contribution in [0.3, 0.4) is 0 Å². The number of nitrogens with zero attached hydrogens (tertiary/aromatic N) is 4. The average molecular weight is 516 g/mol. The van der Waals surface area contributed by atoms with Crippen molar-refractivity contribution in [3.8, 4) is 0 Å². The molecule has 158 valence electrons. The van der Waals surface area contributed by atoms with Gasteiger partial charge < -0.3 is 19.8 Å². The van der Waals surface area contributed by atoms with Crippen LogP contribution in [0.2, 0.25) is 0 Å². The van der Waals surface area contributed by atoms with E-state index >= 15 is 0 Å². The molecule has 0 bridgehead atoms. The minimum absolute atomic E-state index is 0. The molecule has 0 radical (unpaired) electrons. The Bertz CT molecular complexity index is 1130. The van der Waals surface area contributed by atoms with E-state index in [-0.39, 0.29) is 24.0 Å². The maximum atomic E-state index is 4.73.